The Morgan fingerprint density at radius 3 is 2.47 bits per heavy atom. The summed E-state index contributed by atoms with van der Waals surface area (Å²) in [7, 11) is 2.02. The van der Waals surface area contributed by atoms with Crippen LogP contribution in [0.3, 0.4) is 0 Å². The van der Waals surface area contributed by atoms with Crippen molar-refractivity contribution in [3.8, 4) is 0 Å². The quantitative estimate of drug-likeness (QED) is 0.530. The molecule has 1 aliphatic heterocycles. The number of aryl methyl sites for hydroxylation is 1. The van der Waals surface area contributed by atoms with E-state index in [1.165, 1.54) is 5.69 Å². The summed E-state index contributed by atoms with van der Waals surface area (Å²) in [5.74, 6) is 0.279. The van der Waals surface area contributed by atoms with Crippen LogP contribution in [0.15, 0.2) is 24.5 Å². The number of aromatic nitrogens is 1. The van der Waals surface area contributed by atoms with Gasteiger partial charge in [0.1, 0.15) is 13.3 Å². The highest BCUT2D eigenvalue weighted by molar-refractivity contribution is 5.55. The lowest BCUT2D eigenvalue weighted by molar-refractivity contribution is -0.671. The van der Waals surface area contributed by atoms with Gasteiger partial charge < -0.3 is 9.69 Å². The number of nitrogens with zero attached hydrogens (tertiary/aromatic N) is 2. The fourth-order valence-corrected chi connectivity index (χ4v) is 2.00. The smallest absolute Gasteiger partial charge is 0.170 e. The van der Waals surface area contributed by atoms with E-state index in [1.54, 1.807) is 0 Å². The van der Waals surface area contributed by atoms with Crippen LogP contribution in [-0.4, -0.2) is 19.4 Å². The maximum absolute atomic E-state index is 10.6. The maximum Gasteiger partial charge on any atom is 0.170 e. The Bertz CT molecular complexity index is 326. The van der Waals surface area contributed by atoms with Gasteiger partial charge in [-0.2, -0.15) is 0 Å². The number of hydrogen-bond donors (Lipinski definition) is 0. The highest BCUT2D eigenvalue weighted by Gasteiger charge is 2.18. The first-order valence-electron chi connectivity index (χ1n) is 5.45. The topological polar surface area (TPSA) is 24.2 Å². The monoisotopic (exact) mass is 205 g/mol. The summed E-state index contributed by atoms with van der Waals surface area (Å²) in [5, 5.41) is 0. The molecular weight excluding hydrogens is 188 g/mol. The van der Waals surface area contributed by atoms with E-state index in [9.17, 15) is 4.79 Å². The number of anilines is 1. The zero-order chi connectivity index (χ0) is 10.7. The summed E-state index contributed by atoms with van der Waals surface area (Å²) in [4.78, 5) is 13.0. The van der Waals surface area contributed by atoms with E-state index in [-0.39, 0.29) is 5.92 Å². The molecule has 1 saturated heterocycles. The van der Waals surface area contributed by atoms with Gasteiger partial charge in [-0.15, -0.1) is 0 Å². The van der Waals surface area contributed by atoms with Gasteiger partial charge >= 0.3 is 0 Å². The molecule has 15 heavy (non-hydrogen) atoms. The average molecular weight is 205 g/mol. The van der Waals surface area contributed by atoms with Gasteiger partial charge in [-0.3, -0.25) is 0 Å². The van der Waals surface area contributed by atoms with Gasteiger partial charge in [0, 0.05) is 36.8 Å². The van der Waals surface area contributed by atoms with E-state index in [0.717, 1.165) is 32.2 Å². The van der Waals surface area contributed by atoms with Gasteiger partial charge in [-0.1, -0.05) is 0 Å². The Morgan fingerprint density at radius 2 is 1.93 bits per heavy atom. The molecule has 1 fully saturated rings. The molecule has 1 aromatic heterocycles. The minimum absolute atomic E-state index is 0.279. The zero-order valence-corrected chi connectivity index (χ0v) is 9.10. The molecule has 0 atom stereocenters. The van der Waals surface area contributed by atoms with Crippen molar-refractivity contribution in [3.63, 3.8) is 0 Å². The third-order valence-electron chi connectivity index (χ3n) is 3.06. The molecule has 0 amide bonds. The largest absolute Gasteiger partial charge is 0.371 e. The summed E-state index contributed by atoms with van der Waals surface area (Å²) in [6.45, 7) is 1.99. The Morgan fingerprint density at radius 1 is 1.33 bits per heavy atom. The van der Waals surface area contributed by atoms with Gasteiger partial charge in [-0.25, -0.2) is 4.57 Å². The van der Waals surface area contributed by atoms with Crippen molar-refractivity contribution in [2.24, 2.45) is 13.0 Å². The average Bonchev–Trinajstić information content (AvgIpc) is 2.30. The molecule has 2 heterocycles. The van der Waals surface area contributed by atoms with Crippen molar-refractivity contribution < 1.29 is 9.36 Å². The summed E-state index contributed by atoms with van der Waals surface area (Å²) in [6, 6.07) is 4.25. The molecule has 0 bridgehead atoms. The highest BCUT2D eigenvalue weighted by atomic mass is 16.1. The van der Waals surface area contributed by atoms with Crippen molar-refractivity contribution >= 4 is 12.0 Å². The second kappa shape index (κ2) is 4.43. The number of hydrogen-bond acceptors (Lipinski definition) is 2. The number of rotatable bonds is 2. The van der Waals surface area contributed by atoms with E-state index >= 15 is 0 Å². The SMILES string of the molecule is C[n+]1ccc(N2CCC(C=O)CC2)cc1. The minimum atomic E-state index is 0.279. The molecule has 3 heteroatoms. The number of aldehydes is 1. The molecule has 0 aliphatic carbocycles. The van der Waals surface area contributed by atoms with E-state index in [0.29, 0.717) is 0 Å². The Labute approximate surface area is 90.3 Å². The molecule has 1 aromatic rings. The first-order chi connectivity index (χ1) is 7.29. The van der Waals surface area contributed by atoms with Crippen LogP contribution in [-0.2, 0) is 11.8 Å². The Hall–Kier alpha value is -1.38. The molecule has 0 saturated carbocycles. The molecule has 1 aliphatic rings. The Balaban J connectivity index is 2.01. The fourth-order valence-electron chi connectivity index (χ4n) is 2.00. The van der Waals surface area contributed by atoms with Gasteiger partial charge in [0.25, 0.3) is 0 Å². The van der Waals surface area contributed by atoms with Crippen LogP contribution in [0.25, 0.3) is 0 Å². The zero-order valence-electron chi connectivity index (χ0n) is 9.10. The number of piperidine rings is 1. The first kappa shape index (κ1) is 10.1. The maximum atomic E-state index is 10.6. The van der Waals surface area contributed by atoms with Crippen LogP contribution in [0.5, 0.6) is 0 Å². The predicted octanol–water partition coefficient (Wildman–Crippen LogP) is 0.926. The molecule has 80 valence electrons. The third kappa shape index (κ3) is 2.35. The van der Waals surface area contributed by atoms with Crippen molar-refractivity contribution in [2.45, 2.75) is 12.8 Å². The van der Waals surface area contributed by atoms with Crippen molar-refractivity contribution in [3.05, 3.63) is 24.5 Å². The van der Waals surface area contributed by atoms with Crippen molar-refractivity contribution in [2.75, 3.05) is 18.0 Å². The summed E-state index contributed by atoms with van der Waals surface area (Å²) < 4.78 is 2.03. The fraction of sp³-hybridized carbons (Fsp3) is 0.500. The van der Waals surface area contributed by atoms with Crippen molar-refractivity contribution in [1.82, 2.24) is 0 Å². The van der Waals surface area contributed by atoms with Gasteiger partial charge in [-0.05, 0) is 12.8 Å². The number of pyridine rings is 1. The molecule has 0 spiro atoms. The lowest BCUT2D eigenvalue weighted by atomic mass is 9.98. The number of carbonyl (C=O) groups is 1. The summed E-state index contributed by atoms with van der Waals surface area (Å²) in [5.41, 5.74) is 1.26. The van der Waals surface area contributed by atoms with Crippen LogP contribution in [0.1, 0.15) is 12.8 Å². The standard InChI is InChI=1S/C12H17N2O/c1-13-6-4-12(5-7-13)14-8-2-11(10-15)3-9-14/h4-7,10-11H,2-3,8-9H2,1H3/q+1. The first-order valence-corrected chi connectivity index (χ1v) is 5.45. The minimum Gasteiger partial charge on any atom is -0.371 e. The van der Waals surface area contributed by atoms with Crippen LogP contribution in [0.2, 0.25) is 0 Å². The van der Waals surface area contributed by atoms with Crippen LogP contribution >= 0.6 is 0 Å². The van der Waals surface area contributed by atoms with Crippen LogP contribution < -0.4 is 9.47 Å². The molecular formula is C12H17N2O+. The van der Waals surface area contributed by atoms with Crippen LogP contribution in [0.4, 0.5) is 5.69 Å². The summed E-state index contributed by atoms with van der Waals surface area (Å²) in [6.07, 6.45) is 7.19. The third-order valence-corrected chi connectivity index (χ3v) is 3.06. The normalized spacial score (nSPS) is 17.8. The summed E-state index contributed by atoms with van der Waals surface area (Å²) >= 11 is 0. The molecule has 0 aromatic carbocycles. The lowest BCUT2D eigenvalue weighted by Crippen LogP contribution is -2.35. The number of carbonyl (C=O) groups excluding carboxylic acids is 1. The Kier molecular flexibility index (Phi) is 2.99. The predicted molar refractivity (Wildman–Crippen MR) is 58.6 cm³/mol. The molecule has 2 rings (SSSR count). The van der Waals surface area contributed by atoms with Gasteiger partial charge in [0.2, 0.25) is 0 Å². The van der Waals surface area contributed by atoms with E-state index in [1.807, 2.05) is 11.6 Å². The molecule has 0 radical (unpaired) electrons. The van der Waals surface area contributed by atoms with E-state index in [4.69, 9.17) is 0 Å². The molecule has 3 nitrogen and oxygen atoms in total. The van der Waals surface area contributed by atoms with Crippen LogP contribution in [0, 0.1) is 5.92 Å². The van der Waals surface area contributed by atoms with E-state index in [2.05, 4.69) is 29.4 Å². The molecule has 0 N–H and O–H groups in total. The van der Waals surface area contributed by atoms with Gasteiger partial charge in [0.15, 0.2) is 12.4 Å². The second-order valence-corrected chi connectivity index (χ2v) is 4.18. The van der Waals surface area contributed by atoms with E-state index < -0.39 is 0 Å². The lowest BCUT2D eigenvalue weighted by Gasteiger charge is -2.31. The van der Waals surface area contributed by atoms with Crippen molar-refractivity contribution in [1.29, 1.82) is 0 Å². The molecule has 0 unspecified atom stereocenters. The van der Waals surface area contributed by atoms with Gasteiger partial charge in [0.05, 0.1) is 0 Å². The highest BCUT2D eigenvalue weighted by Crippen LogP contribution is 2.20. The second-order valence-electron chi connectivity index (χ2n) is 4.18.